The number of methoxy groups -OCH3 is 1. The maximum absolute atomic E-state index is 12.8. The zero-order valence-electron chi connectivity index (χ0n) is 18.3. The smallest absolute Gasteiger partial charge is 0.295 e. The molecule has 2 aromatic carbocycles. The highest BCUT2D eigenvalue weighted by Crippen LogP contribution is 2.24. The van der Waals surface area contributed by atoms with Gasteiger partial charge in [0.1, 0.15) is 5.82 Å². The molecule has 0 radical (unpaired) electrons. The van der Waals surface area contributed by atoms with Gasteiger partial charge in [0.15, 0.2) is 0 Å². The van der Waals surface area contributed by atoms with Crippen LogP contribution in [0.4, 0.5) is 5.69 Å². The molecule has 31 heavy (non-hydrogen) atoms. The van der Waals surface area contributed by atoms with Crippen molar-refractivity contribution in [2.75, 3.05) is 19.0 Å². The Balaban J connectivity index is 1.57. The lowest BCUT2D eigenvalue weighted by Crippen LogP contribution is -2.14. The van der Waals surface area contributed by atoms with Crippen molar-refractivity contribution in [2.45, 2.75) is 33.2 Å². The molecule has 0 aliphatic heterocycles. The van der Waals surface area contributed by atoms with E-state index in [2.05, 4.69) is 39.9 Å². The zero-order chi connectivity index (χ0) is 22.0. The molecule has 0 bridgehead atoms. The number of rotatable bonds is 7. The average Bonchev–Trinajstić information content (AvgIpc) is 3.35. The molecule has 2 heterocycles. The van der Waals surface area contributed by atoms with Gasteiger partial charge in [-0.15, -0.1) is 5.10 Å². The summed E-state index contributed by atoms with van der Waals surface area (Å²) >= 11 is 0. The van der Waals surface area contributed by atoms with E-state index in [4.69, 9.17) is 4.74 Å². The van der Waals surface area contributed by atoms with Crippen molar-refractivity contribution >= 4 is 22.5 Å². The monoisotopic (exact) mass is 417 g/mol. The summed E-state index contributed by atoms with van der Waals surface area (Å²) in [4.78, 5) is 17.2. The first kappa shape index (κ1) is 20.8. The minimum Gasteiger partial charge on any atom is -0.383 e. The highest BCUT2D eigenvalue weighted by molar-refractivity contribution is 6.02. The molecule has 4 rings (SSSR count). The lowest BCUT2D eigenvalue weighted by atomic mass is 10.0. The fraction of sp³-hybridized carbons (Fsp3) is 0.292. The number of benzene rings is 2. The predicted molar refractivity (Wildman–Crippen MR) is 122 cm³/mol. The van der Waals surface area contributed by atoms with E-state index in [1.165, 1.54) is 0 Å². The Bertz CT molecular complexity index is 1220. The minimum absolute atomic E-state index is 0.147. The van der Waals surface area contributed by atoms with E-state index in [1.54, 1.807) is 11.8 Å². The van der Waals surface area contributed by atoms with Crippen molar-refractivity contribution in [3.63, 3.8) is 0 Å². The molecule has 0 aliphatic rings. The van der Waals surface area contributed by atoms with E-state index in [-0.39, 0.29) is 11.7 Å². The molecule has 160 valence electrons. The van der Waals surface area contributed by atoms with Gasteiger partial charge >= 0.3 is 0 Å². The highest BCUT2D eigenvalue weighted by atomic mass is 16.5. The van der Waals surface area contributed by atoms with Crippen LogP contribution in [0, 0.1) is 6.92 Å². The number of nitrogens with one attached hydrogen (secondary N) is 1. The molecule has 1 N–H and O–H groups in total. The van der Waals surface area contributed by atoms with E-state index in [9.17, 15) is 4.79 Å². The molecule has 0 unspecified atom stereocenters. The van der Waals surface area contributed by atoms with Gasteiger partial charge in [0.05, 0.1) is 12.3 Å². The first-order chi connectivity index (χ1) is 15.0. The first-order valence-corrected chi connectivity index (χ1v) is 10.4. The number of nitrogens with zero attached hydrogens (tertiary/aromatic N) is 4. The second kappa shape index (κ2) is 8.73. The predicted octanol–water partition coefficient (Wildman–Crippen LogP) is 4.55. The van der Waals surface area contributed by atoms with E-state index in [0.717, 1.165) is 28.7 Å². The van der Waals surface area contributed by atoms with Crippen LogP contribution in [-0.4, -0.2) is 39.0 Å². The zero-order valence-corrected chi connectivity index (χ0v) is 18.3. The second-order valence-electron chi connectivity index (χ2n) is 7.84. The molecule has 0 fully saturated rings. The number of carbonyl (C=O) groups excluding carboxylic acids is 1. The molecule has 0 saturated heterocycles. The highest BCUT2D eigenvalue weighted by Gasteiger charge is 2.18. The molecule has 1 amide bonds. The molecular weight excluding hydrogens is 390 g/mol. The number of ether oxygens (including phenoxy) is 1. The van der Waals surface area contributed by atoms with Crippen LogP contribution in [0.2, 0.25) is 0 Å². The maximum Gasteiger partial charge on any atom is 0.295 e. The van der Waals surface area contributed by atoms with Crippen LogP contribution in [0.5, 0.6) is 0 Å². The number of anilines is 1. The summed E-state index contributed by atoms with van der Waals surface area (Å²) in [5.41, 5.74) is 3.91. The van der Waals surface area contributed by atoms with Gasteiger partial charge in [-0.05, 0) is 48.7 Å². The van der Waals surface area contributed by atoms with Crippen molar-refractivity contribution < 1.29 is 9.53 Å². The number of aryl methyl sites for hydroxylation is 1. The Labute approximate surface area is 181 Å². The summed E-state index contributed by atoms with van der Waals surface area (Å²) in [5, 5.41) is 8.47. The molecule has 0 saturated carbocycles. The Hall–Kier alpha value is -3.45. The lowest BCUT2D eigenvalue weighted by molar-refractivity contribution is 0.101. The van der Waals surface area contributed by atoms with Gasteiger partial charge in [-0.25, -0.2) is 9.67 Å². The fourth-order valence-corrected chi connectivity index (χ4v) is 3.73. The number of amides is 1. The van der Waals surface area contributed by atoms with Crippen molar-refractivity contribution in [2.24, 2.45) is 0 Å². The standard InChI is InChI=1S/C24H27N5O2/c1-16(2)20-7-5-6-8-22(20)29-17(3)25-23(27-29)24(30)26-19-9-10-21-18(15-19)11-12-28(21)13-14-31-4/h5-12,15-16H,13-14H2,1-4H3,(H,26,30). The third-order valence-electron chi connectivity index (χ3n) is 5.32. The fourth-order valence-electron chi connectivity index (χ4n) is 3.73. The van der Waals surface area contributed by atoms with Gasteiger partial charge in [-0.3, -0.25) is 4.79 Å². The van der Waals surface area contributed by atoms with Crippen LogP contribution < -0.4 is 5.32 Å². The van der Waals surface area contributed by atoms with E-state index < -0.39 is 0 Å². The second-order valence-corrected chi connectivity index (χ2v) is 7.84. The third kappa shape index (κ3) is 4.22. The number of aromatic nitrogens is 4. The third-order valence-corrected chi connectivity index (χ3v) is 5.32. The topological polar surface area (TPSA) is 74.0 Å². The lowest BCUT2D eigenvalue weighted by Gasteiger charge is -2.12. The Kier molecular flexibility index (Phi) is 5.86. The summed E-state index contributed by atoms with van der Waals surface area (Å²) in [5.74, 6) is 0.819. The van der Waals surface area contributed by atoms with Crippen LogP contribution in [0.15, 0.2) is 54.7 Å². The van der Waals surface area contributed by atoms with Gasteiger partial charge < -0.3 is 14.6 Å². The van der Waals surface area contributed by atoms with Crippen LogP contribution in [-0.2, 0) is 11.3 Å². The summed E-state index contributed by atoms with van der Waals surface area (Å²) in [7, 11) is 1.69. The summed E-state index contributed by atoms with van der Waals surface area (Å²) in [6.45, 7) is 7.56. The van der Waals surface area contributed by atoms with Gasteiger partial charge in [0, 0.05) is 36.4 Å². The molecule has 0 atom stereocenters. The van der Waals surface area contributed by atoms with Crippen molar-refractivity contribution in [1.29, 1.82) is 0 Å². The van der Waals surface area contributed by atoms with E-state index in [1.807, 2.05) is 55.6 Å². The summed E-state index contributed by atoms with van der Waals surface area (Å²) < 4.78 is 9.03. The van der Waals surface area contributed by atoms with Gasteiger partial charge in [0.25, 0.3) is 5.91 Å². The van der Waals surface area contributed by atoms with Crippen molar-refractivity contribution in [3.8, 4) is 5.69 Å². The molecule has 7 heteroatoms. The SMILES string of the molecule is COCCn1ccc2cc(NC(=O)c3nc(C)n(-c4ccccc4C(C)C)n3)ccc21. The Morgan fingerprint density at radius 3 is 2.74 bits per heavy atom. The normalized spacial score (nSPS) is 11.4. The van der Waals surface area contributed by atoms with Crippen molar-refractivity contribution in [3.05, 3.63) is 71.9 Å². The Morgan fingerprint density at radius 1 is 1.16 bits per heavy atom. The molecule has 7 nitrogen and oxygen atoms in total. The minimum atomic E-state index is -0.331. The first-order valence-electron chi connectivity index (χ1n) is 10.4. The number of carbonyl (C=O) groups is 1. The number of fused-ring (bicyclic) bond motifs is 1. The summed E-state index contributed by atoms with van der Waals surface area (Å²) in [6, 6.07) is 15.9. The average molecular weight is 418 g/mol. The quantitative estimate of drug-likeness (QED) is 0.479. The number of para-hydroxylation sites is 1. The molecule has 0 aliphatic carbocycles. The molecule has 0 spiro atoms. The van der Waals surface area contributed by atoms with E-state index >= 15 is 0 Å². The van der Waals surface area contributed by atoms with Crippen molar-refractivity contribution in [1.82, 2.24) is 19.3 Å². The number of hydrogen-bond acceptors (Lipinski definition) is 4. The Morgan fingerprint density at radius 2 is 1.97 bits per heavy atom. The van der Waals surface area contributed by atoms with Crippen LogP contribution in [0.3, 0.4) is 0 Å². The number of hydrogen-bond donors (Lipinski definition) is 1. The molecule has 4 aromatic rings. The molecular formula is C24H27N5O2. The summed E-state index contributed by atoms with van der Waals surface area (Å²) in [6.07, 6.45) is 2.02. The molecule has 2 aromatic heterocycles. The van der Waals surface area contributed by atoms with Gasteiger partial charge in [-0.2, -0.15) is 0 Å². The van der Waals surface area contributed by atoms with Crippen LogP contribution >= 0.6 is 0 Å². The maximum atomic E-state index is 12.8. The van der Waals surface area contributed by atoms with E-state index in [0.29, 0.717) is 24.0 Å². The van der Waals surface area contributed by atoms with Crippen LogP contribution in [0.25, 0.3) is 16.6 Å². The largest absolute Gasteiger partial charge is 0.383 e. The van der Waals surface area contributed by atoms with Gasteiger partial charge in [-0.1, -0.05) is 32.0 Å². The van der Waals surface area contributed by atoms with Crippen LogP contribution in [0.1, 0.15) is 41.8 Å². The van der Waals surface area contributed by atoms with Gasteiger partial charge in [0.2, 0.25) is 5.82 Å².